The highest BCUT2D eigenvalue weighted by Gasteiger charge is 2.33. The van der Waals surface area contributed by atoms with Crippen molar-refractivity contribution in [3.8, 4) is 0 Å². The van der Waals surface area contributed by atoms with Crippen LogP contribution in [0.3, 0.4) is 0 Å². The van der Waals surface area contributed by atoms with Crippen molar-refractivity contribution in [1.29, 1.82) is 0 Å². The molecule has 1 aliphatic heterocycles. The number of hydrogen-bond acceptors (Lipinski definition) is 4. The van der Waals surface area contributed by atoms with Crippen LogP contribution >= 0.6 is 39.5 Å². The molecule has 0 bridgehead atoms. The van der Waals surface area contributed by atoms with Crippen LogP contribution in [0.4, 0.5) is 4.39 Å². The molecule has 3 N–H and O–H groups in total. The highest BCUT2D eigenvalue weighted by Crippen LogP contribution is 2.41. The van der Waals surface area contributed by atoms with Crippen LogP contribution in [0, 0.1) is 5.82 Å². The van der Waals surface area contributed by atoms with E-state index < -0.39 is 0 Å². The van der Waals surface area contributed by atoms with Gasteiger partial charge in [0.15, 0.2) is 0 Å². The van der Waals surface area contributed by atoms with Gasteiger partial charge in [-0.2, -0.15) is 23.5 Å². The predicted octanol–water partition coefficient (Wildman–Crippen LogP) is 3.72. The van der Waals surface area contributed by atoms with E-state index in [1.807, 2.05) is 29.6 Å². The van der Waals surface area contributed by atoms with Crippen LogP contribution in [-0.4, -0.2) is 21.5 Å². The average molecular weight is 365 g/mol. The molecule has 106 valence electrons. The zero-order valence-corrected chi connectivity index (χ0v) is 14.1. The van der Waals surface area contributed by atoms with E-state index in [2.05, 4.69) is 35.2 Å². The first-order chi connectivity index (χ1) is 9.04. The molecule has 1 fully saturated rings. The van der Waals surface area contributed by atoms with Crippen molar-refractivity contribution < 1.29 is 4.39 Å². The van der Waals surface area contributed by atoms with E-state index in [0.717, 1.165) is 5.75 Å². The summed E-state index contributed by atoms with van der Waals surface area (Å²) in [6.45, 7) is 4.46. The van der Waals surface area contributed by atoms with Gasteiger partial charge in [-0.1, -0.05) is 26.0 Å². The molecule has 19 heavy (non-hydrogen) atoms. The minimum atomic E-state index is -0.220. The van der Waals surface area contributed by atoms with E-state index in [1.54, 1.807) is 12.1 Å². The number of nitrogens with two attached hydrogens (primary N) is 1. The van der Waals surface area contributed by atoms with Crippen molar-refractivity contribution in [3.63, 3.8) is 0 Å². The minimum Gasteiger partial charge on any atom is -0.271 e. The van der Waals surface area contributed by atoms with Crippen LogP contribution in [0.5, 0.6) is 0 Å². The Morgan fingerprint density at radius 1 is 1.42 bits per heavy atom. The van der Waals surface area contributed by atoms with E-state index >= 15 is 0 Å². The molecule has 0 amide bonds. The maximum Gasteiger partial charge on any atom is 0.142 e. The van der Waals surface area contributed by atoms with Crippen LogP contribution in [-0.2, 0) is 0 Å². The van der Waals surface area contributed by atoms with Crippen LogP contribution in [0.2, 0.25) is 0 Å². The second-order valence-electron chi connectivity index (χ2n) is 4.71. The van der Waals surface area contributed by atoms with E-state index in [4.69, 9.17) is 5.84 Å². The molecule has 2 rings (SSSR count). The van der Waals surface area contributed by atoms with Gasteiger partial charge in [0, 0.05) is 27.1 Å². The number of nitrogens with one attached hydrogen (secondary N) is 1. The Kier molecular flexibility index (Phi) is 5.60. The zero-order chi connectivity index (χ0) is 14.0. The lowest BCUT2D eigenvalue weighted by molar-refractivity contribution is 0.507. The molecule has 0 spiro atoms. The summed E-state index contributed by atoms with van der Waals surface area (Å²) in [4.78, 5) is 0. The third kappa shape index (κ3) is 3.47. The number of thioether (sulfide) groups is 2. The summed E-state index contributed by atoms with van der Waals surface area (Å²) < 4.78 is 14.7. The fraction of sp³-hybridized carbons (Fsp3) is 0.538. The molecule has 0 radical (unpaired) electrons. The lowest BCUT2D eigenvalue weighted by atomic mass is 10.0. The number of benzene rings is 1. The van der Waals surface area contributed by atoms with Gasteiger partial charge in [-0.05, 0) is 22.0 Å². The quantitative estimate of drug-likeness (QED) is 0.633. The van der Waals surface area contributed by atoms with E-state index in [0.29, 0.717) is 20.5 Å². The second-order valence-corrected chi connectivity index (χ2v) is 8.59. The van der Waals surface area contributed by atoms with Gasteiger partial charge in [0.05, 0.1) is 10.5 Å². The first-order valence-corrected chi connectivity index (χ1v) is 9.00. The van der Waals surface area contributed by atoms with E-state index in [9.17, 15) is 4.39 Å². The van der Waals surface area contributed by atoms with Gasteiger partial charge in [0.25, 0.3) is 0 Å². The van der Waals surface area contributed by atoms with Crippen LogP contribution in [0.1, 0.15) is 25.5 Å². The molecule has 0 aromatic heterocycles. The topological polar surface area (TPSA) is 38.0 Å². The van der Waals surface area contributed by atoms with Crippen molar-refractivity contribution in [2.24, 2.45) is 5.84 Å². The maximum absolute atomic E-state index is 14.2. The van der Waals surface area contributed by atoms with Crippen molar-refractivity contribution in [2.45, 2.75) is 35.6 Å². The summed E-state index contributed by atoms with van der Waals surface area (Å²) in [5, 5.41) is 1.46. The van der Waals surface area contributed by atoms with Gasteiger partial charge < -0.3 is 0 Å². The third-order valence-electron chi connectivity index (χ3n) is 3.44. The van der Waals surface area contributed by atoms with Gasteiger partial charge in [-0.3, -0.25) is 11.3 Å². The van der Waals surface area contributed by atoms with Crippen molar-refractivity contribution >= 4 is 39.5 Å². The summed E-state index contributed by atoms with van der Waals surface area (Å²) in [6.07, 6.45) is 0. The average Bonchev–Trinajstić information content (AvgIpc) is 2.39. The van der Waals surface area contributed by atoms with Gasteiger partial charge in [0.2, 0.25) is 0 Å². The highest BCUT2D eigenvalue weighted by molar-refractivity contribution is 9.10. The first-order valence-electron chi connectivity index (χ1n) is 6.21. The first kappa shape index (κ1) is 15.6. The predicted molar refractivity (Wildman–Crippen MR) is 86.9 cm³/mol. The standard InChI is InChI=1S/C13H18BrFN2S2/c1-7-8(2)19-11(6-18-7)13(17-16)9-4-3-5-10(14)12(9)15/h3-5,7-8,11,13,17H,6,16H2,1-2H3. The molecule has 4 unspecified atom stereocenters. The summed E-state index contributed by atoms with van der Waals surface area (Å²) in [7, 11) is 0. The summed E-state index contributed by atoms with van der Waals surface area (Å²) in [6, 6.07) is 5.20. The largest absolute Gasteiger partial charge is 0.271 e. The van der Waals surface area contributed by atoms with Crippen LogP contribution < -0.4 is 11.3 Å². The second kappa shape index (κ2) is 6.80. The summed E-state index contributed by atoms with van der Waals surface area (Å²) >= 11 is 7.06. The molecule has 1 aromatic carbocycles. The van der Waals surface area contributed by atoms with E-state index in [1.165, 1.54) is 0 Å². The number of halogens is 2. The smallest absolute Gasteiger partial charge is 0.142 e. The Morgan fingerprint density at radius 3 is 2.79 bits per heavy atom. The lowest BCUT2D eigenvalue weighted by Gasteiger charge is -2.36. The Labute approximate surface area is 130 Å². The fourth-order valence-corrected chi connectivity index (χ4v) is 5.61. The normalized spacial score (nSPS) is 29.2. The van der Waals surface area contributed by atoms with Gasteiger partial charge in [-0.15, -0.1) is 0 Å². The van der Waals surface area contributed by atoms with Gasteiger partial charge >= 0.3 is 0 Å². The molecule has 1 saturated heterocycles. The van der Waals surface area contributed by atoms with Crippen molar-refractivity contribution in [1.82, 2.24) is 5.43 Å². The Bertz CT molecular complexity index is 447. The van der Waals surface area contributed by atoms with Crippen LogP contribution in [0.25, 0.3) is 0 Å². The number of hydrazine groups is 1. The lowest BCUT2D eigenvalue weighted by Crippen LogP contribution is -2.40. The van der Waals surface area contributed by atoms with E-state index in [-0.39, 0.29) is 17.1 Å². The molecular formula is C13H18BrFN2S2. The molecule has 6 heteroatoms. The van der Waals surface area contributed by atoms with Gasteiger partial charge in [-0.25, -0.2) is 4.39 Å². The molecule has 1 aromatic rings. The number of rotatable bonds is 3. The third-order valence-corrected chi connectivity index (χ3v) is 7.55. The Balaban J connectivity index is 2.22. The highest BCUT2D eigenvalue weighted by atomic mass is 79.9. The maximum atomic E-state index is 14.2. The van der Waals surface area contributed by atoms with Crippen LogP contribution in [0.15, 0.2) is 22.7 Å². The molecule has 0 saturated carbocycles. The monoisotopic (exact) mass is 364 g/mol. The Hall–Kier alpha value is 0.250. The molecule has 4 atom stereocenters. The molecule has 0 aliphatic carbocycles. The Morgan fingerprint density at radius 2 is 2.16 bits per heavy atom. The summed E-state index contributed by atoms with van der Waals surface area (Å²) in [5.41, 5.74) is 3.43. The number of hydrogen-bond donors (Lipinski definition) is 2. The van der Waals surface area contributed by atoms with Crippen molar-refractivity contribution in [3.05, 3.63) is 34.1 Å². The zero-order valence-electron chi connectivity index (χ0n) is 10.9. The molecule has 1 heterocycles. The molecule has 1 aliphatic rings. The minimum absolute atomic E-state index is 0.162. The van der Waals surface area contributed by atoms with Crippen molar-refractivity contribution in [2.75, 3.05) is 5.75 Å². The SMILES string of the molecule is CC1SCC(C(NN)c2cccc(Br)c2F)SC1C. The molecule has 2 nitrogen and oxygen atoms in total. The summed E-state index contributed by atoms with van der Waals surface area (Å²) in [5.74, 6) is 6.44. The fourth-order valence-electron chi connectivity index (χ4n) is 2.14. The molecular weight excluding hydrogens is 347 g/mol. The van der Waals surface area contributed by atoms with Gasteiger partial charge in [0.1, 0.15) is 5.82 Å².